The zero-order chi connectivity index (χ0) is 13.1. The summed E-state index contributed by atoms with van der Waals surface area (Å²) in [5.41, 5.74) is 3.74. The number of aromatic nitrogens is 2. The molecule has 0 radical (unpaired) electrons. The molecule has 98 valence electrons. The number of fused-ring (bicyclic) bond motifs is 1. The highest BCUT2D eigenvalue weighted by molar-refractivity contribution is 5.39. The first-order valence-corrected chi connectivity index (χ1v) is 7.03. The van der Waals surface area contributed by atoms with E-state index < -0.39 is 0 Å². The highest BCUT2D eigenvalue weighted by Gasteiger charge is 2.23. The van der Waals surface area contributed by atoms with Crippen molar-refractivity contribution in [3.63, 3.8) is 0 Å². The second-order valence-electron chi connectivity index (χ2n) is 4.97. The SMILES string of the molecule is CCNc1cccc(C2CCCc3cccnc32)n1. The van der Waals surface area contributed by atoms with Crippen molar-refractivity contribution in [3.05, 3.63) is 53.5 Å². The standard InChI is InChI=1S/C16H19N3/c1-2-17-15-10-4-9-14(19-15)13-8-3-6-12-7-5-11-18-16(12)13/h4-5,7,9-11,13H,2-3,6,8H2,1H3,(H,17,19). The van der Waals surface area contributed by atoms with Gasteiger partial charge in [0.05, 0.1) is 11.4 Å². The van der Waals surface area contributed by atoms with Crippen LogP contribution < -0.4 is 5.32 Å². The normalized spacial score (nSPS) is 17.8. The maximum atomic E-state index is 4.73. The number of hydrogen-bond acceptors (Lipinski definition) is 3. The zero-order valence-electron chi connectivity index (χ0n) is 11.3. The summed E-state index contributed by atoms with van der Waals surface area (Å²) in [5, 5.41) is 3.28. The van der Waals surface area contributed by atoms with E-state index >= 15 is 0 Å². The van der Waals surface area contributed by atoms with Gasteiger partial charge in [-0.25, -0.2) is 4.98 Å². The van der Waals surface area contributed by atoms with Crippen molar-refractivity contribution in [2.75, 3.05) is 11.9 Å². The lowest BCUT2D eigenvalue weighted by atomic mass is 9.84. The van der Waals surface area contributed by atoms with Gasteiger partial charge in [-0.1, -0.05) is 12.1 Å². The van der Waals surface area contributed by atoms with E-state index in [2.05, 4.69) is 35.4 Å². The van der Waals surface area contributed by atoms with E-state index in [1.165, 1.54) is 17.7 Å². The van der Waals surface area contributed by atoms with Crippen LogP contribution >= 0.6 is 0 Å². The summed E-state index contributed by atoms with van der Waals surface area (Å²) < 4.78 is 0. The minimum absolute atomic E-state index is 0.351. The highest BCUT2D eigenvalue weighted by atomic mass is 15.0. The molecule has 0 aliphatic heterocycles. The van der Waals surface area contributed by atoms with Crippen LogP contribution in [0.4, 0.5) is 5.82 Å². The Morgan fingerprint density at radius 1 is 1.26 bits per heavy atom. The first kappa shape index (κ1) is 12.2. The van der Waals surface area contributed by atoms with E-state index in [1.807, 2.05) is 18.3 Å². The molecule has 3 nitrogen and oxygen atoms in total. The van der Waals surface area contributed by atoms with E-state index in [9.17, 15) is 0 Å². The Morgan fingerprint density at radius 2 is 2.21 bits per heavy atom. The van der Waals surface area contributed by atoms with E-state index in [0.29, 0.717) is 5.92 Å². The number of nitrogens with zero attached hydrogens (tertiary/aromatic N) is 2. The predicted molar refractivity (Wildman–Crippen MR) is 77.4 cm³/mol. The Balaban J connectivity index is 1.97. The number of anilines is 1. The van der Waals surface area contributed by atoms with Crippen LogP contribution in [0.15, 0.2) is 36.5 Å². The summed E-state index contributed by atoms with van der Waals surface area (Å²) >= 11 is 0. The molecule has 0 bridgehead atoms. The number of aryl methyl sites for hydroxylation is 1. The molecule has 0 saturated heterocycles. The predicted octanol–water partition coefficient (Wildman–Crippen LogP) is 3.38. The van der Waals surface area contributed by atoms with Crippen LogP contribution in [0.2, 0.25) is 0 Å². The second-order valence-corrected chi connectivity index (χ2v) is 4.97. The van der Waals surface area contributed by atoms with Crippen LogP contribution in [0.3, 0.4) is 0 Å². The third-order valence-corrected chi connectivity index (χ3v) is 3.68. The molecule has 0 aromatic carbocycles. The molecule has 1 N–H and O–H groups in total. The van der Waals surface area contributed by atoms with Crippen molar-refractivity contribution in [2.24, 2.45) is 0 Å². The van der Waals surface area contributed by atoms with Crippen LogP contribution in [0, 0.1) is 0 Å². The van der Waals surface area contributed by atoms with Gasteiger partial charge in [0.15, 0.2) is 0 Å². The number of hydrogen-bond donors (Lipinski definition) is 1. The highest BCUT2D eigenvalue weighted by Crippen LogP contribution is 2.34. The maximum absolute atomic E-state index is 4.73. The lowest BCUT2D eigenvalue weighted by Crippen LogP contribution is -2.14. The minimum atomic E-state index is 0.351. The molecule has 1 aliphatic carbocycles. The lowest BCUT2D eigenvalue weighted by Gasteiger charge is -2.24. The average molecular weight is 253 g/mol. The van der Waals surface area contributed by atoms with Gasteiger partial charge in [0.25, 0.3) is 0 Å². The number of nitrogens with one attached hydrogen (secondary N) is 1. The molecule has 1 atom stereocenters. The van der Waals surface area contributed by atoms with Crippen molar-refractivity contribution in [3.8, 4) is 0 Å². The molecule has 1 unspecified atom stereocenters. The van der Waals surface area contributed by atoms with E-state index in [4.69, 9.17) is 4.98 Å². The van der Waals surface area contributed by atoms with Gasteiger partial charge in [0.2, 0.25) is 0 Å². The Morgan fingerprint density at radius 3 is 3.11 bits per heavy atom. The largest absolute Gasteiger partial charge is 0.370 e. The minimum Gasteiger partial charge on any atom is -0.370 e. The Hall–Kier alpha value is -1.90. The lowest BCUT2D eigenvalue weighted by molar-refractivity contribution is 0.588. The van der Waals surface area contributed by atoms with Gasteiger partial charge < -0.3 is 5.32 Å². The molecule has 2 aromatic rings. The third kappa shape index (κ3) is 2.46. The summed E-state index contributed by atoms with van der Waals surface area (Å²) in [6.07, 6.45) is 5.40. The molecule has 0 fully saturated rings. The van der Waals surface area contributed by atoms with Crippen molar-refractivity contribution in [2.45, 2.75) is 32.1 Å². The summed E-state index contributed by atoms with van der Waals surface area (Å²) in [7, 11) is 0. The summed E-state index contributed by atoms with van der Waals surface area (Å²) in [5.74, 6) is 1.31. The van der Waals surface area contributed by atoms with E-state index in [1.54, 1.807) is 0 Å². The van der Waals surface area contributed by atoms with E-state index in [0.717, 1.165) is 30.9 Å². The van der Waals surface area contributed by atoms with Gasteiger partial charge >= 0.3 is 0 Å². The molecule has 3 rings (SSSR count). The molecule has 2 heterocycles. The van der Waals surface area contributed by atoms with Gasteiger partial charge in [-0.15, -0.1) is 0 Å². The molecular formula is C16H19N3. The Bertz CT molecular complexity index is 565. The summed E-state index contributed by atoms with van der Waals surface area (Å²) in [6, 6.07) is 10.5. The molecule has 0 spiro atoms. The first-order valence-electron chi connectivity index (χ1n) is 7.03. The number of rotatable bonds is 3. The Kier molecular flexibility index (Phi) is 3.45. The third-order valence-electron chi connectivity index (χ3n) is 3.68. The van der Waals surface area contributed by atoms with Crippen LogP contribution in [-0.2, 0) is 6.42 Å². The molecule has 0 amide bonds. The molecular weight excluding hydrogens is 234 g/mol. The second kappa shape index (κ2) is 5.39. The molecule has 1 aliphatic rings. The zero-order valence-corrected chi connectivity index (χ0v) is 11.3. The van der Waals surface area contributed by atoms with Crippen molar-refractivity contribution < 1.29 is 0 Å². The number of pyridine rings is 2. The molecule has 3 heteroatoms. The molecule has 0 saturated carbocycles. The molecule has 19 heavy (non-hydrogen) atoms. The van der Waals surface area contributed by atoms with Gasteiger partial charge in [-0.3, -0.25) is 4.98 Å². The smallest absolute Gasteiger partial charge is 0.126 e. The van der Waals surface area contributed by atoms with Gasteiger partial charge in [0.1, 0.15) is 5.82 Å². The monoisotopic (exact) mass is 253 g/mol. The van der Waals surface area contributed by atoms with Crippen LogP contribution in [0.1, 0.15) is 42.6 Å². The van der Waals surface area contributed by atoms with Crippen molar-refractivity contribution >= 4 is 5.82 Å². The van der Waals surface area contributed by atoms with Gasteiger partial charge in [0, 0.05) is 18.7 Å². The van der Waals surface area contributed by atoms with Crippen molar-refractivity contribution in [1.29, 1.82) is 0 Å². The van der Waals surface area contributed by atoms with Crippen LogP contribution in [-0.4, -0.2) is 16.5 Å². The summed E-state index contributed by atoms with van der Waals surface area (Å²) in [6.45, 7) is 2.99. The fourth-order valence-electron chi connectivity index (χ4n) is 2.82. The average Bonchev–Trinajstić information content (AvgIpc) is 2.47. The van der Waals surface area contributed by atoms with Gasteiger partial charge in [-0.05, 0) is 49.9 Å². The maximum Gasteiger partial charge on any atom is 0.126 e. The van der Waals surface area contributed by atoms with Crippen molar-refractivity contribution in [1.82, 2.24) is 9.97 Å². The fourth-order valence-corrected chi connectivity index (χ4v) is 2.82. The van der Waals surface area contributed by atoms with E-state index in [-0.39, 0.29) is 0 Å². The van der Waals surface area contributed by atoms with Gasteiger partial charge in [-0.2, -0.15) is 0 Å². The fraction of sp³-hybridized carbons (Fsp3) is 0.375. The molecule has 2 aromatic heterocycles. The van der Waals surface area contributed by atoms with Crippen LogP contribution in [0.5, 0.6) is 0 Å². The Labute approximate surface area is 114 Å². The quantitative estimate of drug-likeness (QED) is 0.911. The topological polar surface area (TPSA) is 37.8 Å². The summed E-state index contributed by atoms with van der Waals surface area (Å²) in [4.78, 5) is 9.33. The first-order chi connectivity index (χ1) is 9.38. The van der Waals surface area contributed by atoms with Crippen LogP contribution in [0.25, 0.3) is 0 Å².